The molecule has 28 nitrogen and oxygen atoms in total. The molecule has 104 heavy (non-hydrogen) atoms. The smallest absolute Gasteiger partial charge is 1.00 e. The third-order valence-corrected chi connectivity index (χ3v) is 27.2. The number of nitrogens with zero attached hydrogens (tertiary/aromatic N) is 11. The summed E-state index contributed by atoms with van der Waals surface area (Å²) in [5.41, 5.74) is 21.8. The van der Waals surface area contributed by atoms with E-state index < -0.39 is 29.6 Å². The third kappa shape index (κ3) is 22.9. The Morgan fingerprint density at radius 3 is 1.20 bits per heavy atom. The second kappa shape index (κ2) is 37.9. The van der Waals surface area contributed by atoms with Gasteiger partial charge in [-0.2, -0.15) is 0 Å². The third-order valence-electron chi connectivity index (χ3n) is 15.6. The Balaban J connectivity index is 0.000000217. The number of carbonyl (C=O) groups is 2. The number of ether oxygens (including phenoxy) is 8. The second-order valence-corrected chi connectivity index (χ2v) is 47.7. The van der Waals surface area contributed by atoms with Crippen LogP contribution in [0.3, 0.4) is 0 Å². The molecule has 3 aromatic carbocycles. The number of nitrogen functional groups attached to an aromatic ring is 3. The molecule has 12 rings (SSSR count). The zero-order valence-corrected chi connectivity index (χ0v) is 77.3. The molecular formula is C67H91I4N18NaO10S3Sn+2. The van der Waals surface area contributed by atoms with Crippen molar-refractivity contribution in [3.8, 4) is 34.5 Å². The standard InChI is InChI=1S/C23H29IN6O4S.C23H29N6O4S.C18H21IN6O2S.3CH3.2HI.Na.Sn/c1-13(2)30(22(31)34-23(3,4)5)8-6-7-29-11-26-19(25)18-20(29)28-21(27-18)35-17-10-16-15(9-14(17)24)32-12-33-16;1-14(2)29(22(30)33-23(3,4)5)10-6-9-28-12-25-19(24)18-20(28)27-21(26-18)34-15-7-8-16-17(11-15)32-13-31-16;1-10(2)21-4-3-5-25-8-22-16(20)15-17(25)24-18(23-15)28-14-7-13-12(6-11(14)19)26-9-27-13;;;;;;;/h9-11,13H,6-8,12H2,1-5H3,(H2,25,27,28);8,11-12,14H,6,9-10,13H2,1-5H3,(H2,24,26,27);6-8,10,21H,3-5,9H2,1-2H3,(H2,20,23,24);3*1H3;2*1H;;/q;;;;;;;;+1;/p+1/i24-3;;19-3;;;;1-3;;;. The van der Waals surface area contributed by atoms with E-state index in [0.717, 1.165) is 103 Å². The topological polar surface area (TPSA) is 341 Å². The zero-order valence-electron chi connectivity index (χ0n) is 61.4. The van der Waals surface area contributed by atoms with Crippen LogP contribution in [0.25, 0.3) is 33.5 Å². The molecule has 3 aliphatic heterocycles. The first-order valence-corrected chi connectivity index (χ1v) is 47.8. The number of imidazole rings is 3. The number of H-pyrrole nitrogens is 3. The monoisotopic (exact) mass is 2050 g/mol. The summed E-state index contributed by atoms with van der Waals surface area (Å²) in [5.74, 6) is 5.81. The number of halogens is 4. The maximum atomic E-state index is 12.7. The minimum absolute atomic E-state index is 0. The number of nitrogens with one attached hydrogen (secondary N) is 4. The van der Waals surface area contributed by atoms with Gasteiger partial charge >= 0.3 is 219 Å². The number of aryl methyl sites for hydroxylation is 3. The minimum Gasteiger partial charge on any atom is -1.00 e. The van der Waals surface area contributed by atoms with Crippen molar-refractivity contribution < 1.29 is 139 Å². The van der Waals surface area contributed by atoms with Gasteiger partial charge in [-0.1, -0.05) is 33.8 Å². The predicted octanol–water partition coefficient (Wildman–Crippen LogP) is 2.35. The first-order chi connectivity index (χ1) is 47.7. The van der Waals surface area contributed by atoms with Crippen LogP contribution in [-0.2, 0) is 29.1 Å². The van der Waals surface area contributed by atoms with Gasteiger partial charge in [-0.15, -0.1) is 0 Å². The molecule has 558 valence electrons. The molecule has 0 bridgehead atoms. The Morgan fingerprint density at radius 2 is 0.875 bits per heavy atom. The summed E-state index contributed by atoms with van der Waals surface area (Å²) >= 11 is 6.68. The van der Waals surface area contributed by atoms with E-state index >= 15 is 0 Å². The van der Waals surface area contributed by atoms with E-state index in [4.69, 9.17) is 70.0 Å². The Kier molecular flexibility index (Phi) is 31.7. The second-order valence-electron chi connectivity index (χ2n) is 27.9. The van der Waals surface area contributed by atoms with Crippen LogP contribution in [0, 0.1) is 7.14 Å². The summed E-state index contributed by atoms with van der Waals surface area (Å²) in [4.78, 5) is 76.5. The van der Waals surface area contributed by atoms with Crippen molar-refractivity contribution in [1.82, 2.24) is 60.0 Å². The van der Waals surface area contributed by atoms with Gasteiger partial charge < -0.3 is 108 Å². The van der Waals surface area contributed by atoms with E-state index in [1.807, 2.05) is 107 Å². The van der Waals surface area contributed by atoms with Gasteiger partial charge in [0, 0.05) is 35.6 Å². The van der Waals surface area contributed by atoms with Crippen molar-refractivity contribution in [2.45, 2.75) is 196 Å². The molecule has 0 aliphatic carbocycles. The summed E-state index contributed by atoms with van der Waals surface area (Å²) < 4.78 is 53.8. The Hall–Kier alpha value is -4.22. The molecule has 6 aromatic heterocycles. The molecule has 37 heteroatoms. The normalized spacial score (nSPS) is 12.8. The number of anilines is 3. The number of aromatic amines is 3. The number of aromatic nitrogens is 12. The molecule has 0 saturated carbocycles. The van der Waals surface area contributed by atoms with E-state index in [0.29, 0.717) is 84.4 Å². The van der Waals surface area contributed by atoms with Crippen molar-refractivity contribution in [3.63, 3.8) is 0 Å². The Bertz CT molecular complexity index is 4480. The molecule has 9 aromatic rings. The first kappa shape index (κ1) is 87.0. The van der Waals surface area contributed by atoms with Crippen LogP contribution >= 0.6 is 80.5 Å². The van der Waals surface area contributed by atoms with Gasteiger partial charge in [0.1, 0.15) is 11.2 Å². The predicted molar refractivity (Wildman–Crippen MR) is 407 cm³/mol. The number of rotatable bonds is 22. The molecule has 0 radical (unpaired) electrons. The number of nitrogens with two attached hydrogens (primary N) is 3. The average molecular weight is 2050 g/mol. The molecule has 9 heterocycles. The molecule has 0 saturated heterocycles. The summed E-state index contributed by atoms with van der Waals surface area (Å²) in [6, 6.07) is 12.6. The number of hydrogen-bond donors (Lipinski definition) is 7. The van der Waals surface area contributed by atoms with Crippen molar-refractivity contribution in [2.75, 3.05) is 57.2 Å². The molecule has 0 atom stereocenters. The Labute approximate surface area is 706 Å². The molecule has 0 spiro atoms. The van der Waals surface area contributed by atoms with Crippen molar-refractivity contribution in [1.29, 1.82) is 0 Å². The van der Waals surface area contributed by atoms with E-state index in [2.05, 4.69) is 121 Å². The van der Waals surface area contributed by atoms with Gasteiger partial charge in [0.15, 0.2) is 34.0 Å². The molecule has 3 aliphatic rings. The number of amides is 2. The molecule has 0 fully saturated rings. The first-order valence-electron chi connectivity index (χ1n) is 33.2. The van der Waals surface area contributed by atoms with E-state index in [9.17, 15) is 9.59 Å². The molecule has 10 N–H and O–H groups in total. The SMILES string of the molecule is CC(C)N(CCC[n+]1cnc(N)c2[nH]c(Sc3cc4c(c[c]3[Sn]([CH3])([CH3])[CH3])OCO4)nc21)C(=O)OC(C)(C)C.CC(C)N(CCC[n+]1cnc(N)c2[nH]c(Sc3cc4c(cc3[124I])OCO4)nc21)C(=O)OC(C)(C)C.CC(C)NCCC[n+]1cnc(N)c2[nH]c(Sc3cc4c(cc3[124I])OCO4)nc21.[124I-].[I-].[Na+]. The quantitative estimate of drug-likeness (QED) is 0.0222. The van der Waals surface area contributed by atoms with Gasteiger partial charge in [-0.3, -0.25) is 0 Å². The summed E-state index contributed by atoms with van der Waals surface area (Å²) in [5, 5.41) is 5.63. The van der Waals surface area contributed by atoms with Gasteiger partial charge in [0.05, 0.1) is 13.1 Å². The van der Waals surface area contributed by atoms with Gasteiger partial charge in [-0.25, -0.2) is 18.7 Å². The minimum atomic E-state index is -2.49. The van der Waals surface area contributed by atoms with Crippen LogP contribution in [0.4, 0.5) is 27.0 Å². The van der Waals surface area contributed by atoms with Gasteiger partial charge in [0.2, 0.25) is 48.2 Å². The summed E-state index contributed by atoms with van der Waals surface area (Å²) in [6.45, 7) is 28.3. The fourth-order valence-electron chi connectivity index (χ4n) is 10.7. The maximum absolute atomic E-state index is 12.7. The van der Waals surface area contributed by atoms with E-state index in [1.54, 1.807) is 40.5 Å². The molecular weight excluding hydrogens is 1950 g/mol. The van der Waals surface area contributed by atoms with Crippen molar-refractivity contribution in [3.05, 3.63) is 62.5 Å². The van der Waals surface area contributed by atoms with Gasteiger partial charge in [-0.05, 0) is 182 Å². The van der Waals surface area contributed by atoms with Crippen LogP contribution in [-0.4, -0.2) is 155 Å². The van der Waals surface area contributed by atoms with Crippen LogP contribution in [0.2, 0.25) is 14.8 Å². The zero-order chi connectivity index (χ0) is 72.8. The van der Waals surface area contributed by atoms with E-state index in [1.165, 1.54) is 27.1 Å². The number of benzene rings is 3. The fraction of sp³-hybridized carbons (Fsp3) is 0.478. The van der Waals surface area contributed by atoms with Gasteiger partial charge in [0.25, 0.3) is 11.3 Å². The summed E-state index contributed by atoms with van der Waals surface area (Å²) in [6.07, 6.45) is 6.93. The average Bonchev–Trinajstić information content (AvgIpc) is 1.55. The van der Waals surface area contributed by atoms with Crippen LogP contribution in [0.15, 0.2) is 85.5 Å². The van der Waals surface area contributed by atoms with Crippen LogP contribution in [0.1, 0.15) is 102 Å². The Morgan fingerprint density at radius 1 is 0.558 bits per heavy atom. The van der Waals surface area contributed by atoms with E-state index in [-0.39, 0.29) is 122 Å². The van der Waals surface area contributed by atoms with Crippen molar-refractivity contribution in [2.24, 2.45) is 0 Å². The van der Waals surface area contributed by atoms with Crippen molar-refractivity contribution >= 4 is 166 Å². The number of carbonyl (C=O) groups excluding carboxylic acids is 2. The number of hydrogen-bond acceptors (Lipinski definition) is 23. The molecule has 0 unspecified atom stereocenters. The van der Waals surface area contributed by atoms with Crippen LogP contribution < -0.4 is 146 Å². The summed E-state index contributed by atoms with van der Waals surface area (Å²) in [7, 11) is 0. The number of fused-ring (bicyclic) bond motifs is 6. The fourth-order valence-corrected chi connectivity index (χ4v) is 21.1. The molecule has 2 amide bonds. The van der Waals surface area contributed by atoms with Crippen LogP contribution in [0.5, 0.6) is 34.5 Å².